The third-order valence-electron chi connectivity index (χ3n) is 3.86. The van der Waals surface area contributed by atoms with Gasteiger partial charge in [-0.3, -0.25) is 0 Å². The van der Waals surface area contributed by atoms with Crippen molar-refractivity contribution in [2.75, 3.05) is 0 Å². The van der Waals surface area contributed by atoms with Crippen LogP contribution in [0.2, 0.25) is 0 Å². The fourth-order valence-electron chi connectivity index (χ4n) is 2.61. The van der Waals surface area contributed by atoms with Crippen molar-refractivity contribution in [3.8, 4) is 0 Å². The highest BCUT2D eigenvalue weighted by atomic mass is 19.1. The van der Waals surface area contributed by atoms with E-state index in [1.807, 2.05) is 6.92 Å². The summed E-state index contributed by atoms with van der Waals surface area (Å²) in [5, 5.41) is 9.11. The van der Waals surface area contributed by atoms with Crippen LogP contribution in [-0.2, 0) is 4.79 Å². The van der Waals surface area contributed by atoms with E-state index in [1.54, 1.807) is 6.92 Å². The van der Waals surface area contributed by atoms with E-state index in [0.717, 1.165) is 32.1 Å². The maximum atomic E-state index is 14.6. The fraction of sp³-hybridized carbons (Fsp3) is 0.917. The Bertz CT molecular complexity index is 224. The van der Waals surface area contributed by atoms with Gasteiger partial charge in [-0.1, -0.05) is 33.1 Å². The van der Waals surface area contributed by atoms with Crippen molar-refractivity contribution in [3.63, 3.8) is 0 Å². The van der Waals surface area contributed by atoms with Gasteiger partial charge in [-0.2, -0.15) is 0 Å². The van der Waals surface area contributed by atoms with Crippen molar-refractivity contribution in [2.24, 2.45) is 11.8 Å². The van der Waals surface area contributed by atoms with Gasteiger partial charge in [-0.15, -0.1) is 0 Å². The van der Waals surface area contributed by atoms with Gasteiger partial charge in [0.1, 0.15) is 0 Å². The van der Waals surface area contributed by atoms with Crippen molar-refractivity contribution in [3.05, 3.63) is 0 Å². The lowest BCUT2D eigenvalue weighted by atomic mass is 9.71. The minimum atomic E-state index is -2.00. The van der Waals surface area contributed by atoms with E-state index in [0.29, 0.717) is 6.42 Å². The Morgan fingerprint density at radius 2 is 2.00 bits per heavy atom. The molecule has 0 bridgehead atoms. The number of carboxylic acid groups (broad SMARTS) is 1. The smallest absolute Gasteiger partial charge is 0.342 e. The largest absolute Gasteiger partial charge is 0.479 e. The number of alkyl halides is 1. The summed E-state index contributed by atoms with van der Waals surface area (Å²) in [5.41, 5.74) is -2.00. The molecule has 88 valence electrons. The average Bonchev–Trinajstić information content (AvgIpc) is 2.27. The number of hydrogen-bond acceptors (Lipinski definition) is 1. The van der Waals surface area contributed by atoms with E-state index >= 15 is 0 Å². The lowest BCUT2D eigenvalue weighted by Crippen LogP contribution is -2.47. The number of halogens is 1. The van der Waals surface area contributed by atoms with Crippen LogP contribution in [0, 0.1) is 11.8 Å². The predicted molar refractivity (Wildman–Crippen MR) is 57.5 cm³/mol. The maximum absolute atomic E-state index is 14.6. The molecule has 1 fully saturated rings. The van der Waals surface area contributed by atoms with Gasteiger partial charge in [-0.25, -0.2) is 9.18 Å². The Morgan fingerprint density at radius 3 is 2.40 bits per heavy atom. The maximum Gasteiger partial charge on any atom is 0.342 e. The van der Waals surface area contributed by atoms with E-state index in [9.17, 15) is 9.18 Å². The second-order valence-corrected chi connectivity index (χ2v) is 4.72. The third-order valence-corrected chi connectivity index (χ3v) is 3.86. The van der Waals surface area contributed by atoms with Crippen molar-refractivity contribution in [1.82, 2.24) is 0 Å². The number of carbonyl (C=O) groups is 1. The van der Waals surface area contributed by atoms with Crippen molar-refractivity contribution < 1.29 is 14.3 Å². The Hall–Kier alpha value is -0.600. The van der Waals surface area contributed by atoms with E-state index in [2.05, 4.69) is 0 Å². The normalized spacial score (nSPS) is 24.5. The van der Waals surface area contributed by atoms with Gasteiger partial charge in [0.05, 0.1) is 0 Å². The Morgan fingerprint density at radius 1 is 1.47 bits per heavy atom. The molecule has 2 atom stereocenters. The Labute approximate surface area is 90.9 Å². The second kappa shape index (κ2) is 4.95. The first kappa shape index (κ1) is 12.5. The standard InChI is InChI=1S/C12H21FO2/c1-3-9(2)12(13,11(14)15)10-7-5-4-6-8-10/h9-10H,3-8H2,1-2H3,(H,14,15)/t9-,12-/m0/s1. The van der Waals surface area contributed by atoms with E-state index in [1.165, 1.54) is 0 Å². The third kappa shape index (κ3) is 2.32. The van der Waals surface area contributed by atoms with Gasteiger partial charge >= 0.3 is 5.97 Å². The van der Waals surface area contributed by atoms with Crippen LogP contribution in [0.1, 0.15) is 52.4 Å². The summed E-state index contributed by atoms with van der Waals surface area (Å²) in [6.45, 7) is 3.56. The number of aliphatic carboxylic acids is 1. The molecule has 0 aromatic rings. The molecule has 0 aromatic heterocycles. The van der Waals surface area contributed by atoms with Gasteiger partial charge < -0.3 is 5.11 Å². The summed E-state index contributed by atoms with van der Waals surface area (Å²) >= 11 is 0. The van der Waals surface area contributed by atoms with Crippen LogP contribution >= 0.6 is 0 Å². The molecule has 1 aliphatic carbocycles. The second-order valence-electron chi connectivity index (χ2n) is 4.72. The zero-order valence-electron chi connectivity index (χ0n) is 9.63. The van der Waals surface area contributed by atoms with Gasteiger partial charge in [0, 0.05) is 11.8 Å². The monoisotopic (exact) mass is 216 g/mol. The highest BCUT2D eigenvalue weighted by Crippen LogP contribution is 2.41. The lowest BCUT2D eigenvalue weighted by Gasteiger charge is -2.36. The first-order valence-electron chi connectivity index (χ1n) is 5.95. The molecular weight excluding hydrogens is 195 g/mol. The summed E-state index contributed by atoms with van der Waals surface area (Å²) < 4.78 is 14.6. The van der Waals surface area contributed by atoms with Crippen molar-refractivity contribution in [2.45, 2.75) is 58.0 Å². The van der Waals surface area contributed by atoms with Crippen molar-refractivity contribution in [1.29, 1.82) is 0 Å². The molecule has 1 rings (SSSR count). The molecule has 0 aliphatic heterocycles. The van der Waals surface area contributed by atoms with Crippen LogP contribution < -0.4 is 0 Å². The molecular formula is C12H21FO2. The SMILES string of the molecule is CC[C@H](C)[C@@](F)(C(=O)O)C1CCCCC1. The number of carboxylic acids is 1. The molecule has 0 spiro atoms. The number of rotatable bonds is 4. The van der Waals surface area contributed by atoms with Crippen LogP contribution in [-0.4, -0.2) is 16.7 Å². The van der Waals surface area contributed by atoms with Crippen LogP contribution in [0.25, 0.3) is 0 Å². The summed E-state index contributed by atoms with van der Waals surface area (Å²) in [7, 11) is 0. The lowest BCUT2D eigenvalue weighted by molar-refractivity contribution is -0.161. The quantitative estimate of drug-likeness (QED) is 0.782. The first-order chi connectivity index (χ1) is 7.03. The minimum absolute atomic E-state index is 0.279. The molecule has 0 radical (unpaired) electrons. The molecule has 1 saturated carbocycles. The Balaban J connectivity index is 2.83. The van der Waals surface area contributed by atoms with Crippen LogP contribution in [0.15, 0.2) is 0 Å². The molecule has 0 unspecified atom stereocenters. The molecule has 0 aromatic carbocycles. The molecule has 1 N–H and O–H groups in total. The molecule has 0 saturated heterocycles. The average molecular weight is 216 g/mol. The topological polar surface area (TPSA) is 37.3 Å². The molecule has 3 heteroatoms. The van der Waals surface area contributed by atoms with E-state index in [4.69, 9.17) is 5.11 Å². The van der Waals surface area contributed by atoms with Gasteiger partial charge in [0.15, 0.2) is 0 Å². The zero-order chi connectivity index (χ0) is 11.5. The number of hydrogen-bond donors (Lipinski definition) is 1. The van der Waals surface area contributed by atoms with E-state index in [-0.39, 0.29) is 5.92 Å². The summed E-state index contributed by atoms with van der Waals surface area (Å²) in [6, 6.07) is 0. The van der Waals surface area contributed by atoms with Crippen molar-refractivity contribution >= 4 is 5.97 Å². The molecule has 15 heavy (non-hydrogen) atoms. The molecule has 1 aliphatic rings. The van der Waals surface area contributed by atoms with Gasteiger partial charge in [0.25, 0.3) is 0 Å². The Kier molecular flexibility index (Phi) is 4.12. The summed E-state index contributed by atoms with van der Waals surface area (Å²) in [6.07, 6.45) is 5.10. The highest BCUT2D eigenvalue weighted by Gasteiger charge is 2.50. The summed E-state index contributed by atoms with van der Waals surface area (Å²) in [5.74, 6) is -1.93. The fourth-order valence-corrected chi connectivity index (χ4v) is 2.61. The van der Waals surface area contributed by atoms with Gasteiger partial charge in [0.2, 0.25) is 5.67 Å². The molecule has 0 amide bonds. The summed E-state index contributed by atoms with van der Waals surface area (Å²) in [4.78, 5) is 11.1. The zero-order valence-corrected chi connectivity index (χ0v) is 9.63. The van der Waals surface area contributed by atoms with E-state index < -0.39 is 17.6 Å². The predicted octanol–water partition coefficient (Wildman–Crippen LogP) is 3.41. The molecule has 0 heterocycles. The molecule has 2 nitrogen and oxygen atoms in total. The van der Waals surface area contributed by atoms with Crippen LogP contribution in [0.3, 0.4) is 0 Å². The minimum Gasteiger partial charge on any atom is -0.479 e. The first-order valence-corrected chi connectivity index (χ1v) is 5.95. The van der Waals surface area contributed by atoms with Crippen LogP contribution in [0.4, 0.5) is 4.39 Å². The highest BCUT2D eigenvalue weighted by molar-refractivity contribution is 5.78. The van der Waals surface area contributed by atoms with Crippen LogP contribution in [0.5, 0.6) is 0 Å². The van der Waals surface area contributed by atoms with Gasteiger partial charge in [-0.05, 0) is 19.3 Å².